The van der Waals surface area contributed by atoms with Gasteiger partial charge in [-0.2, -0.15) is 0 Å². The summed E-state index contributed by atoms with van der Waals surface area (Å²) in [7, 11) is 0. The van der Waals surface area contributed by atoms with Crippen molar-refractivity contribution >= 4 is 15.9 Å². The maximum Gasteiger partial charge on any atom is 0.169 e. The standard InChI is InChI=1S/C11H14BrNO/c12-11-6-5-10(14-11)9(13)7-8-3-1-2-4-8/h3,5-6,9H,1-2,4,7,13H2. The topological polar surface area (TPSA) is 39.2 Å². The third-order valence-corrected chi connectivity index (χ3v) is 3.00. The molecule has 0 saturated heterocycles. The SMILES string of the molecule is NC(CC1=CCCC1)c1ccc(Br)o1. The van der Waals surface area contributed by atoms with Gasteiger partial charge in [-0.3, -0.25) is 0 Å². The molecule has 0 bridgehead atoms. The van der Waals surface area contributed by atoms with Crippen LogP contribution in [0.25, 0.3) is 0 Å². The Bertz CT molecular complexity index is 343. The Morgan fingerprint density at radius 2 is 2.36 bits per heavy atom. The lowest BCUT2D eigenvalue weighted by Crippen LogP contribution is -2.09. The van der Waals surface area contributed by atoms with Crippen molar-refractivity contribution in [2.24, 2.45) is 5.73 Å². The minimum absolute atomic E-state index is 0.00523. The molecular weight excluding hydrogens is 242 g/mol. The molecule has 0 radical (unpaired) electrons. The third kappa shape index (κ3) is 2.28. The normalized spacial score (nSPS) is 18.3. The molecule has 1 heterocycles. The van der Waals surface area contributed by atoms with Crippen LogP contribution in [0.15, 0.2) is 32.9 Å². The van der Waals surface area contributed by atoms with Gasteiger partial charge in [0.05, 0.1) is 6.04 Å². The van der Waals surface area contributed by atoms with E-state index in [-0.39, 0.29) is 6.04 Å². The first-order chi connectivity index (χ1) is 6.75. The van der Waals surface area contributed by atoms with Crippen LogP contribution in [-0.4, -0.2) is 0 Å². The van der Waals surface area contributed by atoms with Crippen LogP contribution >= 0.6 is 15.9 Å². The minimum atomic E-state index is 0.00523. The quantitative estimate of drug-likeness (QED) is 0.840. The van der Waals surface area contributed by atoms with Gasteiger partial charge in [0.25, 0.3) is 0 Å². The fourth-order valence-electron chi connectivity index (χ4n) is 1.83. The number of halogens is 1. The summed E-state index contributed by atoms with van der Waals surface area (Å²) in [6, 6.07) is 3.83. The molecule has 2 N–H and O–H groups in total. The second-order valence-corrected chi connectivity index (χ2v) is 4.49. The molecule has 0 amide bonds. The molecule has 14 heavy (non-hydrogen) atoms. The van der Waals surface area contributed by atoms with E-state index in [0.29, 0.717) is 0 Å². The molecule has 0 aromatic carbocycles. The highest BCUT2D eigenvalue weighted by atomic mass is 79.9. The molecule has 1 aromatic rings. The van der Waals surface area contributed by atoms with E-state index in [2.05, 4.69) is 22.0 Å². The van der Waals surface area contributed by atoms with E-state index in [1.54, 1.807) is 0 Å². The molecule has 76 valence electrons. The van der Waals surface area contributed by atoms with Gasteiger partial charge in [-0.25, -0.2) is 0 Å². The molecule has 3 heteroatoms. The summed E-state index contributed by atoms with van der Waals surface area (Å²) >= 11 is 3.28. The molecule has 0 spiro atoms. The van der Waals surface area contributed by atoms with Crippen LogP contribution in [-0.2, 0) is 0 Å². The van der Waals surface area contributed by atoms with Crippen molar-refractivity contribution in [1.29, 1.82) is 0 Å². The van der Waals surface area contributed by atoms with Gasteiger partial charge in [-0.05, 0) is 53.7 Å². The van der Waals surface area contributed by atoms with Crippen LogP contribution in [0.4, 0.5) is 0 Å². The molecule has 1 aliphatic rings. The summed E-state index contributed by atoms with van der Waals surface area (Å²) in [6.45, 7) is 0. The number of furan rings is 1. The van der Waals surface area contributed by atoms with Gasteiger partial charge in [-0.1, -0.05) is 11.6 Å². The lowest BCUT2D eigenvalue weighted by atomic mass is 10.0. The highest BCUT2D eigenvalue weighted by Crippen LogP contribution is 2.28. The first kappa shape index (κ1) is 9.99. The molecule has 2 nitrogen and oxygen atoms in total. The second kappa shape index (κ2) is 4.32. The highest BCUT2D eigenvalue weighted by Gasteiger charge is 2.14. The van der Waals surface area contributed by atoms with Gasteiger partial charge < -0.3 is 10.2 Å². The summed E-state index contributed by atoms with van der Waals surface area (Å²) in [4.78, 5) is 0. The second-order valence-electron chi connectivity index (χ2n) is 3.71. The van der Waals surface area contributed by atoms with Crippen LogP contribution in [0.1, 0.15) is 37.5 Å². The van der Waals surface area contributed by atoms with Crippen molar-refractivity contribution in [1.82, 2.24) is 0 Å². The lowest BCUT2D eigenvalue weighted by molar-refractivity contribution is 0.446. The average molecular weight is 256 g/mol. The molecule has 2 rings (SSSR count). The Hall–Kier alpha value is -0.540. The summed E-state index contributed by atoms with van der Waals surface area (Å²) in [5, 5.41) is 0. The number of hydrogen-bond donors (Lipinski definition) is 1. The Morgan fingerprint density at radius 1 is 1.50 bits per heavy atom. The van der Waals surface area contributed by atoms with Crippen LogP contribution < -0.4 is 5.73 Å². The van der Waals surface area contributed by atoms with Crippen molar-refractivity contribution < 1.29 is 4.42 Å². The molecule has 1 atom stereocenters. The molecule has 1 unspecified atom stereocenters. The van der Waals surface area contributed by atoms with Crippen molar-refractivity contribution in [3.05, 3.63) is 34.2 Å². The predicted octanol–water partition coefficient (Wildman–Crippen LogP) is 3.54. The maximum absolute atomic E-state index is 6.03. The highest BCUT2D eigenvalue weighted by molar-refractivity contribution is 9.10. The summed E-state index contributed by atoms with van der Waals surface area (Å²) in [5.41, 5.74) is 7.51. The lowest BCUT2D eigenvalue weighted by Gasteiger charge is -2.08. The summed E-state index contributed by atoms with van der Waals surface area (Å²) in [5.74, 6) is 0.865. The Kier molecular flexibility index (Phi) is 3.08. The number of nitrogens with two attached hydrogens (primary N) is 1. The summed E-state index contributed by atoms with van der Waals surface area (Å²) < 4.78 is 6.17. The van der Waals surface area contributed by atoms with Crippen LogP contribution in [0.5, 0.6) is 0 Å². The average Bonchev–Trinajstić information content (AvgIpc) is 2.75. The predicted molar refractivity (Wildman–Crippen MR) is 59.9 cm³/mol. The van der Waals surface area contributed by atoms with E-state index < -0.39 is 0 Å². The van der Waals surface area contributed by atoms with E-state index >= 15 is 0 Å². The fraction of sp³-hybridized carbons (Fsp3) is 0.455. The van der Waals surface area contributed by atoms with Crippen molar-refractivity contribution in [3.8, 4) is 0 Å². The van der Waals surface area contributed by atoms with E-state index in [4.69, 9.17) is 10.2 Å². The van der Waals surface area contributed by atoms with E-state index in [1.807, 2.05) is 12.1 Å². The Balaban J connectivity index is 1.98. The smallest absolute Gasteiger partial charge is 0.169 e. The van der Waals surface area contributed by atoms with Crippen molar-refractivity contribution in [2.45, 2.75) is 31.7 Å². The largest absolute Gasteiger partial charge is 0.453 e. The first-order valence-corrected chi connectivity index (χ1v) is 5.74. The van der Waals surface area contributed by atoms with Gasteiger partial charge in [-0.15, -0.1) is 0 Å². The minimum Gasteiger partial charge on any atom is -0.453 e. The van der Waals surface area contributed by atoms with Gasteiger partial charge in [0.1, 0.15) is 5.76 Å². The van der Waals surface area contributed by atoms with Crippen LogP contribution in [0.3, 0.4) is 0 Å². The van der Waals surface area contributed by atoms with Gasteiger partial charge in [0.2, 0.25) is 0 Å². The Labute approximate surface area is 92.3 Å². The van der Waals surface area contributed by atoms with Gasteiger partial charge in [0.15, 0.2) is 4.67 Å². The maximum atomic E-state index is 6.03. The van der Waals surface area contributed by atoms with Crippen LogP contribution in [0.2, 0.25) is 0 Å². The Morgan fingerprint density at radius 3 is 2.93 bits per heavy atom. The fourth-order valence-corrected chi connectivity index (χ4v) is 2.15. The van der Waals surface area contributed by atoms with E-state index in [1.165, 1.54) is 24.8 Å². The number of rotatable bonds is 3. The first-order valence-electron chi connectivity index (χ1n) is 4.94. The zero-order chi connectivity index (χ0) is 9.97. The molecule has 0 fully saturated rings. The van der Waals surface area contributed by atoms with E-state index in [0.717, 1.165) is 16.9 Å². The monoisotopic (exact) mass is 255 g/mol. The van der Waals surface area contributed by atoms with Crippen molar-refractivity contribution in [3.63, 3.8) is 0 Å². The molecular formula is C11H14BrNO. The van der Waals surface area contributed by atoms with Gasteiger partial charge >= 0.3 is 0 Å². The van der Waals surface area contributed by atoms with E-state index in [9.17, 15) is 0 Å². The molecule has 1 aliphatic carbocycles. The molecule has 0 aliphatic heterocycles. The van der Waals surface area contributed by atoms with Crippen molar-refractivity contribution in [2.75, 3.05) is 0 Å². The number of hydrogen-bond acceptors (Lipinski definition) is 2. The zero-order valence-electron chi connectivity index (χ0n) is 8.00. The zero-order valence-corrected chi connectivity index (χ0v) is 9.59. The number of allylic oxidation sites excluding steroid dienone is 1. The molecule has 1 aromatic heterocycles. The van der Waals surface area contributed by atoms with Gasteiger partial charge in [0, 0.05) is 0 Å². The summed E-state index contributed by atoms with van der Waals surface area (Å²) in [6.07, 6.45) is 6.93. The third-order valence-electron chi connectivity index (χ3n) is 2.58. The molecule has 0 saturated carbocycles. The van der Waals surface area contributed by atoms with Crippen LogP contribution in [0, 0.1) is 0 Å².